The van der Waals surface area contributed by atoms with Gasteiger partial charge in [0.2, 0.25) is 5.91 Å². The lowest BCUT2D eigenvalue weighted by atomic mass is 10.1. The molecule has 4 heteroatoms. The van der Waals surface area contributed by atoms with Crippen LogP contribution in [0, 0.1) is 0 Å². The zero-order valence-corrected chi connectivity index (χ0v) is 11.1. The average molecular weight is 286 g/mol. The fourth-order valence-electron chi connectivity index (χ4n) is 1.37. The number of hydrogen-bond donors (Lipinski definition) is 1. The molecule has 0 radical (unpaired) electrons. The summed E-state index contributed by atoms with van der Waals surface area (Å²) in [4.78, 5) is 11.2. The molecule has 1 aromatic rings. The summed E-state index contributed by atoms with van der Waals surface area (Å²) in [5.74, 6) is 0.874. The second-order valence-corrected chi connectivity index (χ2v) is 4.84. The van der Waals surface area contributed by atoms with Gasteiger partial charge in [0.05, 0.1) is 11.9 Å². The summed E-state index contributed by atoms with van der Waals surface area (Å²) in [5, 5.41) is 2.84. The minimum absolute atomic E-state index is 0.00916. The van der Waals surface area contributed by atoms with Crippen LogP contribution in [0.5, 0.6) is 5.75 Å². The maximum Gasteiger partial charge on any atom is 0.233 e. The van der Waals surface area contributed by atoms with E-state index in [0.29, 0.717) is 6.54 Å². The maximum absolute atomic E-state index is 11.3. The smallest absolute Gasteiger partial charge is 0.233 e. The highest BCUT2D eigenvalue weighted by Gasteiger charge is 2.07. The Morgan fingerprint density at radius 1 is 1.50 bits per heavy atom. The van der Waals surface area contributed by atoms with Gasteiger partial charge in [-0.05, 0) is 25.0 Å². The van der Waals surface area contributed by atoms with Crippen LogP contribution in [0.3, 0.4) is 0 Å². The van der Waals surface area contributed by atoms with E-state index in [-0.39, 0.29) is 10.7 Å². The van der Waals surface area contributed by atoms with Crippen LogP contribution in [-0.2, 0) is 11.2 Å². The third-order valence-electron chi connectivity index (χ3n) is 2.25. The van der Waals surface area contributed by atoms with Crippen molar-refractivity contribution in [1.82, 2.24) is 5.32 Å². The summed E-state index contributed by atoms with van der Waals surface area (Å²) in [6.07, 6.45) is 0.773. The fourth-order valence-corrected chi connectivity index (χ4v) is 1.53. The number of methoxy groups -OCH3 is 1. The van der Waals surface area contributed by atoms with E-state index in [4.69, 9.17) is 4.74 Å². The zero-order chi connectivity index (χ0) is 12.0. The molecule has 0 aliphatic rings. The summed E-state index contributed by atoms with van der Waals surface area (Å²) >= 11 is 3.22. The van der Waals surface area contributed by atoms with Crippen LogP contribution in [0.25, 0.3) is 0 Å². The number of alkyl halides is 1. The minimum Gasteiger partial charge on any atom is -0.496 e. The molecule has 1 atom stereocenters. The zero-order valence-electron chi connectivity index (χ0n) is 9.50. The minimum atomic E-state index is -0.148. The Morgan fingerprint density at radius 2 is 2.19 bits per heavy atom. The number of nitrogens with one attached hydrogen (secondary N) is 1. The first-order valence-corrected chi connectivity index (χ1v) is 6.10. The Bertz CT molecular complexity index is 353. The monoisotopic (exact) mass is 285 g/mol. The van der Waals surface area contributed by atoms with E-state index in [1.807, 2.05) is 24.3 Å². The summed E-state index contributed by atoms with van der Waals surface area (Å²) < 4.78 is 5.23. The van der Waals surface area contributed by atoms with E-state index < -0.39 is 0 Å². The molecule has 0 heterocycles. The number of amides is 1. The van der Waals surface area contributed by atoms with Crippen molar-refractivity contribution in [2.75, 3.05) is 13.7 Å². The van der Waals surface area contributed by atoms with Crippen LogP contribution >= 0.6 is 15.9 Å². The number of hydrogen-bond acceptors (Lipinski definition) is 2. The van der Waals surface area contributed by atoms with Crippen molar-refractivity contribution in [2.24, 2.45) is 0 Å². The standard InChI is InChI=1S/C12H16BrNO2/c1-9(13)12(15)14-8-7-10-5-3-4-6-11(10)16-2/h3-6,9H,7-8H2,1-2H3,(H,14,15). The molecule has 0 aliphatic heterocycles. The molecule has 1 aromatic carbocycles. The molecule has 1 unspecified atom stereocenters. The Morgan fingerprint density at radius 3 is 2.81 bits per heavy atom. The van der Waals surface area contributed by atoms with Crippen LogP contribution in [-0.4, -0.2) is 24.4 Å². The molecule has 1 amide bonds. The molecular formula is C12H16BrNO2. The molecule has 0 aromatic heterocycles. The van der Waals surface area contributed by atoms with Crippen molar-refractivity contribution in [3.05, 3.63) is 29.8 Å². The number of ether oxygens (including phenoxy) is 1. The summed E-state index contributed by atoms with van der Waals surface area (Å²) in [6.45, 7) is 2.42. The fraction of sp³-hybridized carbons (Fsp3) is 0.417. The predicted molar refractivity (Wildman–Crippen MR) is 68.1 cm³/mol. The molecule has 3 nitrogen and oxygen atoms in total. The second kappa shape index (κ2) is 6.53. The van der Waals surface area contributed by atoms with Gasteiger partial charge in [-0.2, -0.15) is 0 Å². The van der Waals surface area contributed by atoms with Gasteiger partial charge >= 0.3 is 0 Å². The molecule has 88 valence electrons. The van der Waals surface area contributed by atoms with Gasteiger partial charge in [0.25, 0.3) is 0 Å². The third kappa shape index (κ3) is 3.85. The normalized spacial score (nSPS) is 11.9. The number of benzene rings is 1. The van der Waals surface area contributed by atoms with E-state index in [2.05, 4.69) is 21.2 Å². The van der Waals surface area contributed by atoms with Gasteiger partial charge in [-0.3, -0.25) is 4.79 Å². The quantitative estimate of drug-likeness (QED) is 0.842. The SMILES string of the molecule is COc1ccccc1CCNC(=O)C(C)Br. The van der Waals surface area contributed by atoms with E-state index in [1.54, 1.807) is 14.0 Å². The van der Waals surface area contributed by atoms with Crippen molar-refractivity contribution < 1.29 is 9.53 Å². The number of carbonyl (C=O) groups excluding carboxylic acids is 1. The van der Waals surface area contributed by atoms with Crippen molar-refractivity contribution in [2.45, 2.75) is 18.2 Å². The maximum atomic E-state index is 11.3. The summed E-state index contributed by atoms with van der Waals surface area (Å²) in [5.41, 5.74) is 1.10. The van der Waals surface area contributed by atoms with Crippen LogP contribution in [0.1, 0.15) is 12.5 Å². The van der Waals surface area contributed by atoms with Crippen LogP contribution < -0.4 is 10.1 Å². The van der Waals surface area contributed by atoms with E-state index in [0.717, 1.165) is 17.7 Å². The van der Waals surface area contributed by atoms with Gasteiger partial charge in [0, 0.05) is 6.54 Å². The largest absolute Gasteiger partial charge is 0.496 e. The molecule has 0 fully saturated rings. The summed E-state index contributed by atoms with van der Waals surface area (Å²) in [7, 11) is 1.65. The predicted octanol–water partition coefficient (Wildman–Crippen LogP) is 2.14. The number of carbonyl (C=O) groups is 1. The first-order valence-electron chi connectivity index (χ1n) is 5.19. The highest BCUT2D eigenvalue weighted by atomic mass is 79.9. The average Bonchev–Trinajstić information content (AvgIpc) is 2.29. The van der Waals surface area contributed by atoms with Crippen molar-refractivity contribution >= 4 is 21.8 Å². The van der Waals surface area contributed by atoms with Gasteiger partial charge in [-0.25, -0.2) is 0 Å². The first kappa shape index (κ1) is 13.0. The molecule has 0 aliphatic carbocycles. The number of rotatable bonds is 5. The highest BCUT2D eigenvalue weighted by Crippen LogP contribution is 2.17. The molecule has 0 saturated heterocycles. The molecule has 16 heavy (non-hydrogen) atoms. The lowest BCUT2D eigenvalue weighted by molar-refractivity contribution is -0.120. The number of halogens is 1. The second-order valence-electron chi connectivity index (χ2n) is 3.47. The molecule has 0 bridgehead atoms. The van der Waals surface area contributed by atoms with Gasteiger partial charge in [-0.15, -0.1) is 0 Å². The Kier molecular flexibility index (Phi) is 5.32. The van der Waals surface area contributed by atoms with Crippen molar-refractivity contribution in [1.29, 1.82) is 0 Å². The van der Waals surface area contributed by atoms with Crippen molar-refractivity contribution in [3.63, 3.8) is 0 Å². The molecule has 1 N–H and O–H groups in total. The molecular weight excluding hydrogens is 270 g/mol. The van der Waals surface area contributed by atoms with E-state index in [9.17, 15) is 4.79 Å². The van der Waals surface area contributed by atoms with Gasteiger partial charge in [0.1, 0.15) is 5.75 Å². The van der Waals surface area contributed by atoms with Gasteiger partial charge in [0.15, 0.2) is 0 Å². The third-order valence-corrected chi connectivity index (χ3v) is 2.66. The topological polar surface area (TPSA) is 38.3 Å². The van der Waals surface area contributed by atoms with Crippen LogP contribution in [0.15, 0.2) is 24.3 Å². The summed E-state index contributed by atoms with van der Waals surface area (Å²) in [6, 6.07) is 7.82. The van der Waals surface area contributed by atoms with Gasteiger partial charge < -0.3 is 10.1 Å². The van der Waals surface area contributed by atoms with Gasteiger partial charge in [-0.1, -0.05) is 34.1 Å². The number of para-hydroxylation sites is 1. The van der Waals surface area contributed by atoms with Crippen molar-refractivity contribution in [3.8, 4) is 5.75 Å². The Hall–Kier alpha value is -1.03. The van der Waals surface area contributed by atoms with Crippen LogP contribution in [0.2, 0.25) is 0 Å². The molecule has 0 spiro atoms. The highest BCUT2D eigenvalue weighted by molar-refractivity contribution is 9.10. The first-order chi connectivity index (χ1) is 7.65. The Balaban J connectivity index is 2.45. The van der Waals surface area contributed by atoms with Crippen LogP contribution in [0.4, 0.5) is 0 Å². The molecule has 1 rings (SSSR count). The molecule has 0 saturated carbocycles. The van der Waals surface area contributed by atoms with E-state index in [1.165, 1.54) is 0 Å². The van der Waals surface area contributed by atoms with E-state index >= 15 is 0 Å². The lowest BCUT2D eigenvalue weighted by Gasteiger charge is -2.09. The lowest BCUT2D eigenvalue weighted by Crippen LogP contribution is -2.31. The Labute approximate surface area is 104 Å².